The highest BCUT2D eigenvalue weighted by Gasteiger charge is 2.16. The summed E-state index contributed by atoms with van der Waals surface area (Å²) >= 11 is 0. The Bertz CT molecular complexity index is 366. The summed E-state index contributed by atoms with van der Waals surface area (Å²) in [5.41, 5.74) is 7.74. The fraction of sp³-hybridized carbons (Fsp3) is 0.625. The first-order valence-corrected chi connectivity index (χ1v) is 6.81. The quantitative estimate of drug-likeness (QED) is 0.844. The molecule has 1 aromatic carbocycles. The molecule has 0 radical (unpaired) electrons. The lowest BCUT2D eigenvalue weighted by molar-refractivity contribution is 0.237. The average Bonchev–Trinajstić information content (AvgIpc) is 2.25. The molecule has 0 aromatic heterocycles. The second-order valence-corrected chi connectivity index (χ2v) is 6.41. The minimum atomic E-state index is 0.0548. The van der Waals surface area contributed by atoms with Crippen LogP contribution in [0.2, 0.25) is 0 Å². The Morgan fingerprint density at radius 2 is 1.78 bits per heavy atom. The standard InChI is InChI=1S/C16H27NO/c1-12(2)18-15-9-7-6-8-13(15)14(17)10-11-16(3,4)5/h6-9,12,14H,10-11,17H2,1-5H3. The van der Waals surface area contributed by atoms with Crippen LogP contribution >= 0.6 is 0 Å². The zero-order chi connectivity index (χ0) is 13.8. The molecule has 1 atom stereocenters. The molecule has 0 saturated heterocycles. The molecule has 0 amide bonds. The molecule has 0 heterocycles. The molecule has 2 nitrogen and oxygen atoms in total. The van der Waals surface area contributed by atoms with E-state index in [0.717, 1.165) is 24.2 Å². The monoisotopic (exact) mass is 249 g/mol. The Morgan fingerprint density at radius 1 is 1.17 bits per heavy atom. The van der Waals surface area contributed by atoms with Gasteiger partial charge in [-0.25, -0.2) is 0 Å². The van der Waals surface area contributed by atoms with Crippen molar-refractivity contribution in [2.24, 2.45) is 11.1 Å². The van der Waals surface area contributed by atoms with Gasteiger partial charge in [0, 0.05) is 11.6 Å². The summed E-state index contributed by atoms with van der Waals surface area (Å²) in [4.78, 5) is 0. The topological polar surface area (TPSA) is 35.2 Å². The van der Waals surface area contributed by atoms with Gasteiger partial charge in [0.2, 0.25) is 0 Å². The minimum absolute atomic E-state index is 0.0548. The third-order valence-corrected chi connectivity index (χ3v) is 2.89. The van der Waals surface area contributed by atoms with Crippen LogP contribution in [0.15, 0.2) is 24.3 Å². The van der Waals surface area contributed by atoms with Gasteiger partial charge < -0.3 is 10.5 Å². The van der Waals surface area contributed by atoms with Crippen LogP contribution < -0.4 is 10.5 Å². The average molecular weight is 249 g/mol. The van der Waals surface area contributed by atoms with Gasteiger partial charge >= 0.3 is 0 Å². The SMILES string of the molecule is CC(C)Oc1ccccc1C(N)CCC(C)(C)C. The van der Waals surface area contributed by atoms with Crippen LogP contribution in [0.5, 0.6) is 5.75 Å². The van der Waals surface area contributed by atoms with Crippen LogP contribution in [-0.4, -0.2) is 6.10 Å². The summed E-state index contributed by atoms with van der Waals surface area (Å²) in [6, 6.07) is 8.16. The molecule has 2 heteroatoms. The number of nitrogens with two attached hydrogens (primary N) is 1. The van der Waals surface area contributed by atoms with Gasteiger partial charge in [0.1, 0.15) is 5.75 Å². The molecule has 0 fully saturated rings. The van der Waals surface area contributed by atoms with Gasteiger partial charge in [-0.1, -0.05) is 39.0 Å². The van der Waals surface area contributed by atoms with E-state index in [0.29, 0.717) is 5.41 Å². The fourth-order valence-corrected chi connectivity index (χ4v) is 1.89. The van der Waals surface area contributed by atoms with E-state index >= 15 is 0 Å². The van der Waals surface area contributed by atoms with Crippen molar-refractivity contribution in [2.45, 2.75) is 59.6 Å². The summed E-state index contributed by atoms with van der Waals surface area (Å²) in [6.45, 7) is 10.8. The predicted octanol–water partition coefficient (Wildman–Crippen LogP) is 4.30. The van der Waals surface area contributed by atoms with Crippen LogP contribution in [-0.2, 0) is 0 Å². The minimum Gasteiger partial charge on any atom is -0.491 e. The Kier molecular flexibility index (Phi) is 5.21. The first-order chi connectivity index (χ1) is 8.29. The molecule has 0 spiro atoms. The van der Waals surface area contributed by atoms with Crippen LogP contribution in [0.1, 0.15) is 59.1 Å². The van der Waals surface area contributed by atoms with Gasteiger partial charge in [-0.05, 0) is 38.2 Å². The van der Waals surface area contributed by atoms with Crippen molar-refractivity contribution in [1.29, 1.82) is 0 Å². The summed E-state index contributed by atoms with van der Waals surface area (Å²) in [7, 11) is 0. The first-order valence-electron chi connectivity index (χ1n) is 6.81. The first kappa shape index (κ1) is 15.0. The molecule has 1 aromatic rings. The predicted molar refractivity (Wildman–Crippen MR) is 77.8 cm³/mol. The van der Waals surface area contributed by atoms with E-state index in [2.05, 4.69) is 26.8 Å². The fourth-order valence-electron chi connectivity index (χ4n) is 1.89. The summed E-state index contributed by atoms with van der Waals surface area (Å²) in [5.74, 6) is 0.925. The highest BCUT2D eigenvalue weighted by molar-refractivity contribution is 5.35. The van der Waals surface area contributed by atoms with Crippen molar-refractivity contribution < 1.29 is 4.74 Å². The van der Waals surface area contributed by atoms with E-state index in [-0.39, 0.29) is 12.1 Å². The van der Waals surface area contributed by atoms with Crippen LogP contribution in [0.25, 0.3) is 0 Å². The molecule has 0 aliphatic heterocycles. The molecule has 0 aliphatic carbocycles. The van der Waals surface area contributed by atoms with Crippen molar-refractivity contribution in [3.63, 3.8) is 0 Å². The Balaban J connectivity index is 2.75. The van der Waals surface area contributed by atoms with Crippen molar-refractivity contribution in [3.8, 4) is 5.75 Å². The smallest absolute Gasteiger partial charge is 0.124 e. The number of para-hydroxylation sites is 1. The summed E-state index contributed by atoms with van der Waals surface area (Å²) in [6.07, 6.45) is 2.28. The third kappa shape index (κ3) is 5.09. The third-order valence-electron chi connectivity index (χ3n) is 2.89. The van der Waals surface area contributed by atoms with Crippen molar-refractivity contribution >= 4 is 0 Å². The molecule has 1 unspecified atom stereocenters. The van der Waals surface area contributed by atoms with E-state index in [9.17, 15) is 0 Å². The zero-order valence-corrected chi connectivity index (χ0v) is 12.4. The lowest BCUT2D eigenvalue weighted by atomic mass is 9.87. The Labute approximate surface area is 112 Å². The number of hydrogen-bond donors (Lipinski definition) is 1. The Morgan fingerprint density at radius 3 is 2.33 bits per heavy atom. The highest BCUT2D eigenvalue weighted by Crippen LogP contribution is 2.30. The number of hydrogen-bond acceptors (Lipinski definition) is 2. The van der Waals surface area contributed by atoms with Gasteiger partial charge in [-0.3, -0.25) is 0 Å². The zero-order valence-electron chi connectivity index (χ0n) is 12.4. The second-order valence-electron chi connectivity index (χ2n) is 6.41. The van der Waals surface area contributed by atoms with Gasteiger partial charge in [0.15, 0.2) is 0 Å². The number of ether oxygens (including phenoxy) is 1. The van der Waals surface area contributed by atoms with E-state index in [4.69, 9.17) is 10.5 Å². The maximum absolute atomic E-state index is 6.30. The summed E-state index contributed by atoms with van der Waals surface area (Å²) < 4.78 is 5.82. The highest BCUT2D eigenvalue weighted by atomic mass is 16.5. The molecular weight excluding hydrogens is 222 g/mol. The summed E-state index contributed by atoms with van der Waals surface area (Å²) in [5, 5.41) is 0. The van der Waals surface area contributed by atoms with Crippen LogP contribution in [0.4, 0.5) is 0 Å². The molecule has 0 saturated carbocycles. The second kappa shape index (κ2) is 6.24. The molecule has 18 heavy (non-hydrogen) atoms. The maximum Gasteiger partial charge on any atom is 0.124 e. The van der Waals surface area contributed by atoms with E-state index < -0.39 is 0 Å². The van der Waals surface area contributed by atoms with Gasteiger partial charge in [-0.15, -0.1) is 0 Å². The lowest BCUT2D eigenvalue weighted by Gasteiger charge is -2.23. The number of benzene rings is 1. The van der Waals surface area contributed by atoms with Crippen molar-refractivity contribution in [2.75, 3.05) is 0 Å². The van der Waals surface area contributed by atoms with Gasteiger partial charge in [-0.2, -0.15) is 0 Å². The van der Waals surface area contributed by atoms with Gasteiger partial charge in [0.25, 0.3) is 0 Å². The molecule has 0 aliphatic rings. The molecular formula is C16H27NO. The van der Waals surface area contributed by atoms with E-state index in [1.807, 2.05) is 32.0 Å². The normalized spacial score (nSPS) is 13.7. The van der Waals surface area contributed by atoms with Crippen molar-refractivity contribution in [1.82, 2.24) is 0 Å². The molecule has 102 valence electrons. The lowest BCUT2D eigenvalue weighted by Crippen LogP contribution is -2.17. The van der Waals surface area contributed by atoms with E-state index in [1.54, 1.807) is 0 Å². The van der Waals surface area contributed by atoms with Gasteiger partial charge in [0.05, 0.1) is 6.10 Å². The largest absolute Gasteiger partial charge is 0.491 e. The molecule has 0 bridgehead atoms. The van der Waals surface area contributed by atoms with Crippen molar-refractivity contribution in [3.05, 3.63) is 29.8 Å². The number of rotatable bonds is 5. The Hall–Kier alpha value is -1.02. The van der Waals surface area contributed by atoms with Crippen LogP contribution in [0, 0.1) is 5.41 Å². The van der Waals surface area contributed by atoms with E-state index in [1.165, 1.54) is 0 Å². The molecule has 2 N–H and O–H groups in total. The molecule has 1 rings (SSSR count). The maximum atomic E-state index is 6.30. The van der Waals surface area contributed by atoms with Crippen LogP contribution in [0.3, 0.4) is 0 Å².